The van der Waals surface area contributed by atoms with Gasteiger partial charge in [-0.1, -0.05) is 48.0 Å². The Balaban J connectivity index is 1.84. The van der Waals surface area contributed by atoms with Gasteiger partial charge < -0.3 is 5.32 Å². The standard InChI is InChI=1S/C22H18FN3/c1-14-7-10-16(11-8-14)21-25-20-6-4-3-5-18(20)22(26-21)24-17-12-9-15(2)19(23)13-17/h3-13H,1-2H3,(H,24,25,26). The summed E-state index contributed by atoms with van der Waals surface area (Å²) in [7, 11) is 0. The van der Waals surface area contributed by atoms with Crippen molar-refractivity contribution >= 4 is 22.4 Å². The van der Waals surface area contributed by atoms with Crippen molar-refractivity contribution in [1.29, 1.82) is 0 Å². The van der Waals surface area contributed by atoms with Gasteiger partial charge in [-0.2, -0.15) is 0 Å². The molecule has 1 heterocycles. The number of nitrogens with zero attached hydrogens (tertiary/aromatic N) is 2. The third-order valence-electron chi connectivity index (χ3n) is 4.35. The van der Waals surface area contributed by atoms with E-state index in [4.69, 9.17) is 4.98 Å². The minimum atomic E-state index is -0.243. The third-order valence-corrected chi connectivity index (χ3v) is 4.35. The van der Waals surface area contributed by atoms with E-state index in [0.717, 1.165) is 16.5 Å². The summed E-state index contributed by atoms with van der Waals surface area (Å²) < 4.78 is 13.9. The molecule has 0 amide bonds. The number of fused-ring (bicyclic) bond motifs is 1. The van der Waals surface area contributed by atoms with Crippen LogP contribution in [0.15, 0.2) is 66.7 Å². The van der Waals surface area contributed by atoms with E-state index in [1.807, 2.05) is 61.5 Å². The van der Waals surface area contributed by atoms with Gasteiger partial charge in [0.1, 0.15) is 11.6 Å². The highest BCUT2D eigenvalue weighted by atomic mass is 19.1. The molecule has 128 valence electrons. The number of para-hydroxylation sites is 1. The maximum Gasteiger partial charge on any atom is 0.162 e. The van der Waals surface area contributed by atoms with Crippen molar-refractivity contribution in [1.82, 2.24) is 9.97 Å². The zero-order valence-corrected chi connectivity index (χ0v) is 14.6. The maximum absolute atomic E-state index is 13.9. The van der Waals surface area contributed by atoms with Crippen LogP contribution in [0.25, 0.3) is 22.3 Å². The van der Waals surface area contributed by atoms with Gasteiger partial charge >= 0.3 is 0 Å². The van der Waals surface area contributed by atoms with Gasteiger partial charge in [0, 0.05) is 16.6 Å². The van der Waals surface area contributed by atoms with Gasteiger partial charge in [0.2, 0.25) is 0 Å². The van der Waals surface area contributed by atoms with Gasteiger partial charge in [-0.25, -0.2) is 14.4 Å². The van der Waals surface area contributed by atoms with Crippen molar-refractivity contribution in [2.24, 2.45) is 0 Å². The fourth-order valence-corrected chi connectivity index (χ4v) is 2.81. The molecule has 0 fully saturated rings. The molecule has 26 heavy (non-hydrogen) atoms. The Hall–Kier alpha value is -3.27. The molecule has 0 saturated carbocycles. The van der Waals surface area contributed by atoms with E-state index in [-0.39, 0.29) is 5.82 Å². The second kappa shape index (κ2) is 6.56. The highest BCUT2D eigenvalue weighted by molar-refractivity contribution is 5.92. The number of nitrogens with one attached hydrogen (secondary N) is 1. The molecule has 0 saturated heterocycles. The van der Waals surface area contributed by atoms with Crippen LogP contribution < -0.4 is 5.32 Å². The van der Waals surface area contributed by atoms with Crippen molar-refractivity contribution in [2.75, 3.05) is 5.32 Å². The van der Waals surface area contributed by atoms with Gasteiger partial charge in [-0.05, 0) is 43.7 Å². The number of aryl methyl sites for hydroxylation is 2. The maximum atomic E-state index is 13.9. The van der Waals surface area contributed by atoms with Crippen molar-refractivity contribution in [3.05, 3.63) is 83.7 Å². The highest BCUT2D eigenvalue weighted by Crippen LogP contribution is 2.28. The van der Waals surface area contributed by atoms with E-state index in [1.165, 1.54) is 11.6 Å². The lowest BCUT2D eigenvalue weighted by molar-refractivity contribution is 0.619. The molecule has 0 aliphatic heterocycles. The fraction of sp³-hybridized carbons (Fsp3) is 0.0909. The van der Waals surface area contributed by atoms with Crippen LogP contribution in [0.2, 0.25) is 0 Å². The van der Waals surface area contributed by atoms with Gasteiger partial charge in [0.05, 0.1) is 5.52 Å². The molecule has 0 unspecified atom stereocenters. The number of rotatable bonds is 3. The van der Waals surface area contributed by atoms with Crippen LogP contribution >= 0.6 is 0 Å². The molecular weight excluding hydrogens is 325 g/mol. The van der Waals surface area contributed by atoms with Crippen LogP contribution in [-0.2, 0) is 0 Å². The molecule has 3 nitrogen and oxygen atoms in total. The van der Waals surface area contributed by atoms with Gasteiger partial charge in [0.15, 0.2) is 5.82 Å². The zero-order valence-electron chi connectivity index (χ0n) is 14.6. The number of hydrogen-bond donors (Lipinski definition) is 1. The number of benzene rings is 3. The van der Waals surface area contributed by atoms with E-state index in [2.05, 4.69) is 10.3 Å². The molecule has 0 aliphatic carbocycles. The Bertz CT molecular complexity index is 1090. The molecular formula is C22H18FN3. The first-order valence-electron chi connectivity index (χ1n) is 8.47. The lowest BCUT2D eigenvalue weighted by Crippen LogP contribution is -2.00. The van der Waals surface area contributed by atoms with Crippen LogP contribution in [0.5, 0.6) is 0 Å². The van der Waals surface area contributed by atoms with Gasteiger partial charge in [-0.3, -0.25) is 0 Å². The Morgan fingerprint density at radius 3 is 2.38 bits per heavy atom. The van der Waals surface area contributed by atoms with Crippen molar-refractivity contribution < 1.29 is 4.39 Å². The van der Waals surface area contributed by atoms with E-state index in [1.54, 1.807) is 13.0 Å². The molecule has 0 atom stereocenters. The molecule has 0 aliphatic rings. The molecule has 4 rings (SSSR count). The predicted octanol–water partition coefficient (Wildman–Crippen LogP) is 5.80. The molecule has 0 radical (unpaired) electrons. The first-order chi connectivity index (χ1) is 12.6. The predicted molar refractivity (Wildman–Crippen MR) is 104 cm³/mol. The number of halogens is 1. The fourth-order valence-electron chi connectivity index (χ4n) is 2.81. The summed E-state index contributed by atoms with van der Waals surface area (Å²) in [6.45, 7) is 3.79. The first-order valence-corrected chi connectivity index (χ1v) is 8.47. The van der Waals surface area contributed by atoms with Crippen LogP contribution in [0.4, 0.5) is 15.9 Å². The highest BCUT2D eigenvalue weighted by Gasteiger charge is 2.10. The number of anilines is 2. The van der Waals surface area contributed by atoms with Crippen molar-refractivity contribution in [2.45, 2.75) is 13.8 Å². The minimum absolute atomic E-state index is 0.243. The van der Waals surface area contributed by atoms with Crippen molar-refractivity contribution in [3.8, 4) is 11.4 Å². The molecule has 4 aromatic rings. The summed E-state index contributed by atoms with van der Waals surface area (Å²) in [6.07, 6.45) is 0. The van der Waals surface area contributed by atoms with E-state index >= 15 is 0 Å². The van der Waals surface area contributed by atoms with Crippen molar-refractivity contribution in [3.63, 3.8) is 0 Å². The second-order valence-electron chi connectivity index (χ2n) is 6.37. The van der Waals surface area contributed by atoms with E-state index in [9.17, 15) is 4.39 Å². The molecule has 4 heteroatoms. The summed E-state index contributed by atoms with van der Waals surface area (Å²) in [6, 6.07) is 21.0. The molecule has 1 aromatic heterocycles. The van der Waals surface area contributed by atoms with Gasteiger partial charge in [-0.15, -0.1) is 0 Å². The molecule has 0 spiro atoms. The lowest BCUT2D eigenvalue weighted by atomic mass is 10.1. The smallest absolute Gasteiger partial charge is 0.162 e. The second-order valence-corrected chi connectivity index (χ2v) is 6.37. The quantitative estimate of drug-likeness (QED) is 0.511. The topological polar surface area (TPSA) is 37.8 Å². The average molecular weight is 343 g/mol. The summed E-state index contributed by atoms with van der Waals surface area (Å²) in [4.78, 5) is 9.39. The Morgan fingerprint density at radius 2 is 1.62 bits per heavy atom. The summed E-state index contributed by atoms with van der Waals surface area (Å²) in [5, 5.41) is 4.14. The Kier molecular flexibility index (Phi) is 4.09. The lowest BCUT2D eigenvalue weighted by Gasteiger charge is -2.12. The minimum Gasteiger partial charge on any atom is -0.340 e. The summed E-state index contributed by atoms with van der Waals surface area (Å²) in [5.74, 6) is 1.06. The van der Waals surface area contributed by atoms with Crippen LogP contribution in [0.1, 0.15) is 11.1 Å². The van der Waals surface area contributed by atoms with Crippen LogP contribution in [0, 0.1) is 19.7 Å². The largest absolute Gasteiger partial charge is 0.340 e. The number of aromatic nitrogens is 2. The van der Waals surface area contributed by atoms with Crippen LogP contribution in [0.3, 0.4) is 0 Å². The molecule has 3 aromatic carbocycles. The number of hydrogen-bond acceptors (Lipinski definition) is 3. The molecule has 0 bridgehead atoms. The first kappa shape index (κ1) is 16.2. The summed E-state index contributed by atoms with van der Waals surface area (Å²) >= 11 is 0. The van der Waals surface area contributed by atoms with E-state index < -0.39 is 0 Å². The third kappa shape index (κ3) is 3.14. The molecule has 1 N–H and O–H groups in total. The van der Waals surface area contributed by atoms with Gasteiger partial charge in [0.25, 0.3) is 0 Å². The monoisotopic (exact) mass is 343 g/mol. The van der Waals surface area contributed by atoms with E-state index in [0.29, 0.717) is 22.9 Å². The average Bonchev–Trinajstić information content (AvgIpc) is 2.65. The Morgan fingerprint density at radius 1 is 0.846 bits per heavy atom. The normalized spacial score (nSPS) is 10.9. The summed E-state index contributed by atoms with van der Waals surface area (Å²) in [5.41, 5.74) is 4.24. The SMILES string of the molecule is Cc1ccc(-c2nc(Nc3ccc(C)c(F)c3)c3ccccc3n2)cc1. The zero-order chi connectivity index (χ0) is 18.1. The van der Waals surface area contributed by atoms with Crippen LogP contribution in [-0.4, -0.2) is 9.97 Å². The Labute approximate surface area is 151 Å².